The van der Waals surface area contributed by atoms with Crippen molar-refractivity contribution in [3.8, 4) is 5.75 Å². The van der Waals surface area contributed by atoms with E-state index in [0.29, 0.717) is 34.9 Å². The van der Waals surface area contributed by atoms with Gasteiger partial charge in [-0.15, -0.1) is 0 Å². The number of ether oxygens (including phenoxy) is 1. The molecule has 2 aliphatic carbocycles. The van der Waals surface area contributed by atoms with Gasteiger partial charge in [0, 0.05) is 38.8 Å². The maximum absolute atomic E-state index is 12.9. The van der Waals surface area contributed by atoms with E-state index in [9.17, 15) is 9.90 Å². The maximum Gasteiger partial charge on any atom is 0.251 e. The molecule has 2 aliphatic rings. The first-order valence-electron chi connectivity index (χ1n) is 14.5. The third-order valence-corrected chi connectivity index (χ3v) is 7.90. The predicted molar refractivity (Wildman–Crippen MR) is 157 cm³/mol. The van der Waals surface area contributed by atoms with Gasteiger partial charge in [-0.25, -0.2) is 4.98 Å². The van der Waals surface area contributed by atoms with Crippen molar-refractivity contribution in [2.75, 3.05) is 49.4 Å². The van der Waals surface area contributed by atoms with Crippen LogP contribution < -0.4 is 25.2 Å². The Labute approximate surface area is 233 Å². The Balaban J connectivity index is 1.54. The van der Waals surface area contributed by atoms with E-state index in [1.807, 2.05) is 26.4 Å². The summed E-state index contributed by atoms with van der Waals surface area (Å²) in [6, 6.07) is 5.76. The molecule has 1 heterocycles. The number of anilines is 4. The molecule has 9 heteroatoms. The molecular formula is C30H46N6O3. The smallest absolute Gasteiger partial charge is 0.251 e. The Bertz CT molecular complexity index is 1110. The lowest BCUT2D eigenvalue weighted by molar-refractivity contribution is 0.00525. The third-order valence-electron chi connectivity index (χ3n) is 7.90. The van der Waals surface area contributed by atoms with E-state index in [1.165, 1.54) is 25.7 Å². The van der Waals surface area contributed by atoms with Gasteiger partial charge < -0.3 is 30.3 Å². The molecule has 0 atom stereocenters. The van der Waals surface area contributed by atoms with Gasteiger partial charge in [0.15, 0.2) is 5.82 Å². The molecular weight excluding hydrogens is 492 g/mol. The van der Waals surface area contributed by atoms with Crippen LogP contribution >= 0.6 is 0 Å². The first-order chi connectivity index (χ1) is 18.7. The van der Waals surface area contributed by atoms with Crippen LogP contribution in [-0.4, -0.2) is 66.9 Å². The molecule has 0 bridgehead atoms. The number of aromatic nitrogens is 2. The Hall–Kier alpha value is -3.07. The minimum atomic E-state index is -0.810. The van der Waals surface area contributed by atoms with Gasteiger partial charge in [0.2, 0.25) is 5.95 Å². The second-order valence-electron chi connectivity index (χ2n) is 11.8. The molecule has 1 aromatic heterocycles. The molecule has 39 heavy (non-hydrogen) atoms. The molecule has 3 N–H and O–H groups in total. The van der Waals surface area contributed by atoms with E-state index in [-0.39, 0.29) is 12.5 Å². The van der Waals surface area contributed by atoms with E-state index >= 15 is 0 Å². The molecule has 0 unspecified atom stereocenters. The highest BCUT2D eigenvalue weighted by Crippen LogP contribution is 2.35. The topological polar surface area (TPSA) is 103 Å². The van der Waals surface area contributed by atoms with Crippen molar-refractivity contribution in [1.82, 2.24) is 15.3 Å². The number of nitrogens with one attached hydrogen (secondary N) is 2. The van der Waals surface area contributed by atoms with Crippen molar-refractivity contribution < 1.29 is 14.6 Å². The van der Waals surface area contributed by atoms with Crippen molar-refractivity contribution in [3.05, 3.63) is 30.0 Å². The highest BCUT2D eigenvalue weighted by atomic mass is 16.5. The molecule has 0 aliphatic heterocycles. The molecule has 4 rings (SSSR count). The quantitative estimate of drug-likeness (QED) is 0.362. The summed E-state index contributed by atoms with van der Waals surface area (Å²) in [5, 5.41) is 17.0. The highest BCUT2D eigenvalue weighted by Gasteiger charge is 2.30. The van der Waals surface area contributed by atoms with Crippen molar-refractivity contribution >= 4 is 29.0 Å². The summed E-state index contributed by atoms with van der Waals surface area (Å²) in [4.78, 5) is 27.0. The zero-order chi connectivity index (χ0) is 28.0. The number of carbonyl (C=O) groups excluding carboxylic acids is 1. The standard InChI is InChI=1S/C30H46N6O3/c1-21(2)19-36(23-11-7-8-12-23)27-25(35(3)4)18-31-29(34-27)33-24-14-13-22(17-26(24)39-5)28(37)32-20-30(38)15-9-6-10-16-30/h13-14,17-18,21,23,38H,6-12,15-16,19-20H2,1-5H3,(H,32,37)(H,31,33,34). The van der Waals surface area contributed by atoms with E-state index < -0.39 is 5.60 Å². The summed E-state index contributed by atoms with van der Waals surface area (Å²) in [6.45, 7) is 5.69. The van der Waals surface area contributed by atoms with Gasteiger partial charge in [0.25, 0.3) is 5.91 Å². The summed E-state index contributed by atoms with van der Waals surface area (Å²) in [5.41, 5.74) is 1.34. The number of hydrogen-bond acceptors (Lipinski definition) is 8. The van der Waals surface area contributed by atoms with Crippen LogP contribution in [0.2, 0.25) is 0 Å². The highest BCUT2D eigenvalue weighted by molar-refractivity contribution is 5.95. The fraction of sp³-hybridized carbons (Fsp3) is 0.633. The van der Waals surface area contributed by atoms with Gasteiger partial charge in [-0.05, 0) is 49.8 Å². The molecule has 2 fully saturated rings. The summed E-state index contributed by atoms with van der Waals surface area (Å²) < 4.78 is 5.63. The number of amides is 1. The lowest BCUT2D eigenvalue weighted by Crippen LogP contribution is -2.44. The summed E-state index contributed by atoms with van der Waals surface area (Å²) in [6.07, 6.45) is 11.3. The Morgan fingerprint density at radius 2 is 1.87 bits per heavy atom. The number of rotatable bonds is 11. The van der Waals surface area contributed by atoms with Crippen LogP contribution in [0.1, 0.15) is 82.0 Å². The first kappa shape index (κ1) is 28.9. The van der Waals surface area contributed by atoms with E-state index in [4.69, 9.17) is 9.72 Å². The lowest BCUT2D eigenvalue weighted by Gasteiger charge is -2.34. The van der Waals surface area contributed by atoms with Crippen LogP contribution in [0.4, 0.5) is 23.1 Å². The summed E-state index contributed by atoms with van der Waals surface area (Å²) >= 11 is 0. The number of carbonyl (C=O) groups is 1. The average molecular weight is 539 g/mol. The zero-order valence-electron chi connectivity index (χ0n) is 24.3. The molecule has 2 aromatic rings. The largest absolute Gasteiger partial charge is 0.495 e. The van der Waals surface area contributed by atoms with Crippen LogP contribution in [0, 0.1) is 5.92 Å². The maximum atomic E-state index is 12.9. The second kappa shape index (κ2) is 12.9. The monoisotopic (exact) mass is 538 g/mol. The first-order valence-corrected chi connectivity index (χ1v) is 14.5. The van der Waals surface area contributed by atoms with Gasteiger partial charge in [-0.2, -0.15) is 4.98 Å². The second-order valence-corrected chi connectivity index (χ2v) is 11.8. The van der Waals surface area contributed by atoms with Crippen molar-refractivity contribution in [2.45, 2.75) is 83.3 Å². The van der Waals surface area contributed by atoms with Crippen LogP contribution in [0.25, 0.3) is 0 Å². The molecule has 0 spiro atoms. The molecule has 9 nitrogen and oxygen atoms in total. The van der Waals surface area contributed by atoms with E-state index in [0.717, 1.165) is 50.2 Å². The van der Waals surface area contributed by atoms with Gasteiger partial charge in [0.05, 0.1) is 30.3 Å². The SMILES string of the molecule is COc1cc(C(=O)NCC2(O)CCCCC2)ccc1Nc1ncc(N(C)C)c(N(CC(C)C)C2CCCC2)n1. The summed E-state index contributed by atoms with van der Waals surface area (Å²) in [7, 11) is 5.63. The van der Waals surface area contributed by atoms with E-state index in [2.05, 4.69) is 39.3 Å². The molecule has 0 saturated heterocycles. The molecule has 0 radical (unpaired) electrons. The fourth-order valence-corrected chi connectivity index (χ4v) is 5.76. The van der Waals surface area contributed by atoms with Gasteiger partial charge in [-0.1, -0.05) is 46.0 Å². The van der Waals surface area contributed by atoms with Crippen LogP contribution in [0.3, 0.4) is 0 Å². The van der Waals surface area contributed by atoms with Gasteiger partial charge in [-0.3, -0.25) is 4.79 Å². The molecule has 214 valence electrons. The number of benzene rings is 1. The Kier molecular flexibility index (Phi) is 9.53. The van der Waals surface area contributed by atoms with Crippen LogP contribution in [0.15, 0.2) is 24.4 Å². The average Bonchev–Trinajstić information content (AvgIpc) is 3.45. The predicted octanol–water partition coefficient (Wildman–Crippen LogP) is 5.12. The van der Waals surface area contributed by atoms with Crippen molar-refractivity contribution in [3.63, 3.8) is 0 Å². The summed E-state index contributed by atoms with van der Waals surface area (Å²) in [5.74, 6) is 2.22. The lowest BCUT2D eigenvalue weighted by atomic mass is 9.85. The minimum Gasteiger partial charge on any atom is -0.495 e. The Morgan fingerprint density at radius 3 is 2.51 bits per heavy atom. The number of nitrogens with zero attached hydrogens (tertiary/aromatic N) is 4. The zero-order valence-corrected chi connectivity index (χ0v) is 24.3. The van der Waals surface area contributed by atoms with Crippen molar-refractivity contribution in [1.29, 1.82) is 0 Å². The Morgan fingerprint density at radius 1 is 1.15 bits per heavy atom. The van der Waals surface area contributed by atoms with Gasteiger partial charge >= 0.3 is 0 Å². The number of aliphatic hydroxyl groups is 1. The normalized spacial score (nSPS) is 17.2. The number of methoxy groups -OCH3 is 1. The third kappa shape index (κ3) is 7.32. The molecule has 1 aromatic carbocycles. The van der Waals surface area contributed by atoms with Crippen LogP contribution in [0.5, 0.6) is 5.75 Å². The fourth-order valence-electron chi connectivity index (χ4n) is 5.76. The number of hydrogen-bond donors (Lipinski definition) is 3. The van der Waals surface area contributed by atoms with Crippen molar-refractivity contribution in [2.24, 2.45) is 5.92 Å². The van der Waals surface area contributed by atoms with E-state index in [1.54, 1.807) is 19.2 Å². The van der Waals surface area contributed by atoms with Gasteiger partial charge in [0.1, 0.15) is 5.75 Å². The molecule has 1 amide bonds. The molecule has 2 saturated carbocycles. The van der Waals surface area contributed by atoms with Crippen LogP contribution in [-0.2, 0) is 0 Å². The minimum absolute atomic E-state index is 0.228.